The molecule has 1 fully saturated rings. The van der Waals surface area contributed by atoms with E-state index in [4.69, 9.17) is 0 Å². The monoisotopic (exact) mass is 323 g/mol. The second-order valence-corrected chi connectivity index (χ2v) is 6.42. The fourth-order valence-electron chi connectivity index (χ4n) is 2.74. The van der Waals surface area contributed by atoms with Gasteiger partial charge in [0.05, 0.1) is 6.04 Å². The van der Waals surface area contributed by atoms with Crippen LogP contribution in [0.25, 0.3) is 0 Å². The fourth-order valence-corrected chi connectivity index (χ4v) is 3.45. The molecule has 2 amide bonds. The Morgan fingerprint density at radius 3 is 2.59 bits per heavy atom. The summed E-state index contributed by atoms with van der Waals surface area (Å²) in [6, 6.07) is 2.27. The minimum absolute atomic E-state index is 0.162. The molecule has 22 heavy (non-hydrogen) atoms. The van der Waals surface area contributed by atoms with Crippen LogP contribution in [-0.2, 0) is 9.59 Å². The standard InChI is InChI=1S/C16H25N3O2S/c1-2-7-17-15(20)16(21)18-11-14(13-6-10-22-12-13)19-8-4-3-5-9-19/h6,10,12,14H,2-5,7-9,11H2,1H3,(H,17,20)(H,18,21). The molecule has 6 heteroatoms. The molecule has 1 aromatic rings. The third kappa shape index (κ3) is 4.81. The molecule has 0 radical (unpaired) electrons. The van der Waals surface area contributed by atoms with Gasteiger partial charge >= 0.3 is 11.8 Å². The summed E-state index contributed by atoms with van der Waals surface area (Å²) in [6.45, 7) is 5.08. The summed E-state index contributed by atoms with van der Waals surface area (Å²) in [5.41, 5.74) is 1.22. The zero-order chi connectivity index (χ0) is 15.8. The van der Waals surface area contributed by atoms with Gasteiger partial charge in [0.1, 0.15) is 0 Å². The van der Waals surface area contributed by atoms with Crippen LogP contribution in [-0.4, -0.2) is 42.9 Å². The molecule has 2 heterocycles. The van der Waals surface area contributed by atoms with E-state index in [2.05, 4.69) is 32.4 Å². The van der Waals surface area contributed by atoms with Gasteiger partial charge in [-0.3, -0.25) is 14.5 Å². The Morgan fingerprint density at radius 2 is 1.95 bits per heavy atom. The largest absolute Gasteiger partial charge is 0.348 e. The summed E-state index contributed by atoms with van der Waals surface area (Å²) >= 11 is 1.66. The molecule has 1 atom stereocenters. The Bertz CT molecular complexity index is 470. The van der Waals surface area contributed by atoms with Gasteiger partial charge in [-0.15, -0.1) is 0 Å². The van der Waals surface area contributed by atoms with Crippen molar-refractivity contribution < 1.29 is 9.59 Å². The Kier molecular flexibility index (Phi) is 6.86. The number of thiophene rings is 1. The summed E-state index contributed by atoms with van der Waals surface area (Å²) < 4.78 is 0. The van der Waals surface area contributed by atoms with E-state index >= 15 is 0 Å². The molecule has 122 valence electrons. The van der Waals surface area contributed by atoms with E-state index in [0.29, 0.717) is 13.1 Å². The molecule has 1 unspecified atom stereocenters. The van der Waals surface area contributed by atoms with Crippen molar-refractivity contribution in [1.29, 1.82) is 0 Å². The minimum Gasteiger partial charge on any atom is -0.348 e. The first-order valence-corrected chi connectivity index (χ1v) is 8.98. The quantitative estimate of drug-likeness (QED) is 0.786. The molecule has 5 nitrogen and oxygen atoms in total. The molecule has 1 aromatic heterocycles. The van der Waals surface area contributed by atoms with Gasteiger partial charge in [-0.1, -0.05) is 13.3 Å². The molecular weight excluding hydrogens is 298 g/mol. The Hall–Kier alpha value is -1.40. The first-order valence-electron chi connectivity index (χ1n) is 8.04. The van der Waals surface area contributed by atoms with Crippen LogP contribution in [0, 0.1) is 0 Å². The smallest absolute Gasteiger partial charge is 0.309 e. The number of nitrogens with one attached hydrogen (secondary N) is 2. The van der Waals surface area contributed by atoms with Gasteiger partial charge < -0.3 is 10.6 Å². The average Bonchev–Trinajstić information content (AvgIpc) is 3.08. The number of nitrogens with zero attached hydrogens (tertiary/aromatic N) is 1. The van der Waals surface area contributed by atoms with Crippen molar-refractivity contribution in [3.63, 3.8) is 0 Å². The van der Waals surface area contributed by atoms with Gasteiger partial charge in [0.15, 0.2) is 0 Å². The number of carbonyl (C=O) groups is 2. The maximum Gasteiger partial charge on any atom is 0.309 e. The number of hydrogen-bond acceptors (Lipinski definition) is 4. The van der Waals surface area contributed by atoms with Crippen molar-refractivity contribution in [2.45, 2.75) is 38.6 Å². The summed E-state index contributed by atoms with van der Waals surface area (Å²) in [5.74, 6) is -1.07. The predicted octanol–water partition coefficient (Wildman–Crippen LogP) is 1.92. The lowest BCUT2D eigenvalue weighted by Crippen LogP contribution is -2.45. The molecule has 0 saturated carbocycles. The molecule has 0 aromatic carbocycles. The molecule has 1 aliphatic heterocycles. The van der Waals surface area contributed by atoms with Crippen molar-refractivity contribution in [1.82, 2.24) is 15.5 Å². The first-order chi connectivity index (χ1) is 10.7. The highest BCUT2D eigenvalue weighted by Gasteiger charge is 2.24. The van der Waals surface area contributed by atoms with Gasteiger partial charge in [-0.2, -0.15) is 11.3 Å². The maximum atomic E-state index is 11.9. The minimum atomic E-state index is -0.537. The van der Waals surface area contributed by atoms with Gasteiger partial charge in [-0.05, 0) is 54.7 Å². The van der Waals surface area contributed by atoms with E-state index in [0.717, 1.165) is 19.5 Å². The van der Waals surface area contributed by atoms with Crippen LogP contribution in [0.5, 0.6) is 0 Å². The number of rotatable bonds is 6. The van der Waals surface area contributed by atoms with Crippen LogP contribution in [0.4, 0.5) is 0 Å². The van der Waals surface area contributed by atoms with Crippen LogP contribution in [0.1, 0.15) is 44.2 Å². The predicted molar refractivity (Wildman–Crippen MR) is 88.8 cm³/mol. The van der Waals surface area contributed by atoms with E-state index in [1.807, 2.05) is 6.92 Å². The van der Waals surface area contributed by atoms with Crippen LogP contribution >= 0.6 is 11.3 Å². The van der Waals surface area contributed by atoms with Gasteiger partial charge in [0, 0.05) is 13.1 Å². The SMILES string of the molecule is CCCNC(=O)C(=O)NCC(c1ccsc1)N1CCCCC1. The summed E-state index contributed by atoms with van der Waals surface area (Å²) in [5, 5.41) is 9.58. The highest BCUT2D eigenvalue weighted by Crippen LogP contribution is 2.25. The normalized spacial score (nSPS) is 17.0. The molecule has 1 aliphatic rings. The molecule has 0 aliphatic carbocycles. The van der Waals surface area contributed by atoms with Crippen LogP contribution in [0.3, 0.4) is 0 Å². The number of hydrogen-bond donors (Lipinski definition) is 2. The van der Waals surface area contributed by atoms with E-state index in [9.17, 15) is 9.59 Å². The van der Waals surface area contributed by atoms with Crippen molar-refractivity contribution >= 4 is 23.2 Å². The lowest BCUT2D eigenvalue weighted by Gasteiger charge is -2.34. The van der Waals surface area contributed by atoms with Crippen LogP contribution in [0.15, 0.2) is 16.8 Å². The number of amides is 2. The highest BCUT2D eigenvalue weighted by atomic mass is 32.1. The Morgan fingerprint density at radius 1 is 1.23 bits per heavy atom. The van der Waals surface area contributed by atoms with Gasteiger partial charge in [0.25, 0.3) is 0 Å². The summed E-state index contributed by atoms with van der Waals surface area (Å²) in [4.78, 5) is 25.9. The molecule has 1 saturated heterocycles. The Labute approximate surface area is 136 Å². The highest BCUT2D eigenvalue weighted by molar-refractivity contribution is 7.07. The zero-order valence-electron chi connectivity index (χ0n) is 13.1. The number of carbonyl (C=O) groups excluding carboxylic acids is 2. The lowest BCUT2D eigenvalue weighted by molar-refractivity contribution is -0.139. The third-order valence-corrected chi connectivity index (χ3v) is 4.66. The van der Waals surface area contributed by atoms with Gasteiger partial charge in [0.2, 0.25) is 0 Å². The van der Waals surface area contributed by atoms with Gasteiger partial charge in [-0.25, -0.2) is 0 Å². The topological polar surface area (TPSA) is 61.4 Å². The van der Waals surface area contributed by atoms with E-state index < -0.39 is 11.8 Å². The molecule has 0 spiro atoms. The van der Waals surface area contributed by atoms with E-state index in [-0.39, 0.29) is 6.04 Å². The molecule has 2 N–H and O–H groups in total. The first kappa shape index (κ1) is 17.0. The number of piperidine rings is 1. The van der Waals surface area contributed by atoms with Crippen molar-refractivity contribution in [2.75, 3.05) is 26.2 Å². The van der Waals surface area contributed by atoms with E-state index in [1.165, 1.54) is 24.8 Å². The van der Waals surface area contributed by atoms with Crippen molar-refractivity contribution in [2.24, 2.45) is 0 Å². The van der Waals surface area contributed by atoms with Crippen LogP contribution < -0.4 is 10.6 Å². The summed E-state index contributed by atoms with van der Waals surface area (Å²) in [7, 11) is 0. The number of likely N-dealkylation sites (tertiary alicyclic amines) is 1. The van der Waals surface area contributed by atoms with Crippen molar-refractivity contribution in [3.8, 4) is 0 Å². The third-order valence-electron chi connectivity index (χ3n) is 3.96. The second-order valence-electron chi connectivity index (χ2n) is 5.64. The lowest BCUT2D eigenvalue weighted by atomic mass is 10.0. The van der Waals surface area contributed by atoms with Crippen LogP contribution in [0.2, 0.25) is 0 Å². The fraction of sp³-hybridized carbons (Fsp3) is 0.625. The van der Waals surface area contributed by atoms with Crippen molar-refractivity contribution in [3.05, 3.63) is 22.4 Å². The molecular formula is C16H25N3O2S. The zero-order valence-corrected chi connectivity index (χ0v) is 14.0. The van der Waals surface area contributed by atoms with E-state index in [1.54, 1.807) is 11.3 Å². The molecule has 0 bridgehead atoms. The maximum absolute atomic E-state index is 11.9. The second kappa shape index (κ2) is 8.90. The summed E-state index contributed by atoms with van der Waals surface area (Å²) in [6.07, 6.45) is 4.50. The molecule has 2 rings (SSSR count). The Balaban J connectivity index is 1.92. The average molecular weight is 323 g/mol.